The van der Waals surface area contributed by atoms with Crippen LogP contribution >= 0.6 is 0 Å². The van der Waals surface area contributed by atoms with E-state index in [0.29, 0.717) is 0 Å². The highest BCUT2D eigenvalue weighted by Crippen LogP contribution is 2.38. The summed E-state index contributed by atoms with van der Waals surface area (Å²) in [5, 5.41) is 3.31. The van der Waals surface area contributed by atoms with Gasteiger partial charge in [0.2, 0.25) is 0 Å². The van der Waals surface area contributed by atoms with Gasteiger partial charge >= 0.3 is 0 Å². The van der Waals surface area contributed by atoms with Gasteiger partial charge in [0, 0.05) is 38.3 Å². The number of rotatable bonds is 2. The van der Waals surface area contributed by atoms with Gasteiger partial charge in [-0.15, -0.1) is 0 Å². The molecule has 0 amide bonds. The van der Waals surface area contributed by atoms with Gasteiger partial charge in [-0.2, -0.15) is 0 Å². The van der Waals surface area contributed by atoms with Crippen molar-refractivity contribution >= 4 is 0 Å². The van der Waals surface area contributed by atoms with E-state index >= 15 is 0 Å². The number of hydrogen-bond donors (Lipinski definition) is 1. The Morgan fingerprint density at radius 1 is 1.05 bits per heavy atom. The molecule has 1 aliphatic rings. The summed E-state index contributed by atoms with van der Waals surface area (Å²) in [4.78, 5) is 2.31. The Morgan fingerprint density at radius 2 is 1.58 bits per heavy atom. The molecule has 1 aromatic rings. The molecule has 0 aromatic heterocycles. The number of benzene rings is 1. The monoisotopic (exact) mass is 268 g/mol. The quantitative estimate of drug-likeness (QED) is 0.887. The molecule has 1 N–H and O–H groups in total. The van der Waals surface area contributed by atoms with Crippen molar-refractivity contribution in [2.45, 2.75) is 26.8 Å². The standard InChI is InChI=1S/C15H22F2N2/c1-15(2,3)14(19-6-4-18-5-7-19)11-8-12(16)10-13(17)9-11/h8-10,14,18H,4-7H2,1-3H3/t14-/m1/s1. The molecule has 1 aliphatic heterocycles. The highest BCUT2D eigenvalue weighted by molar-refractivity contribution is 5.23. The van der Waals surface area contributed by atoms with E-state index in [1.165, 1.54) is 12.1 Å². The maximum absolute atomic E-state index is 13.5. The van der Waals surface area contributed by atoms with Crippen molar-refractivity contribution in [1.82, 2.24) is 10.2 Å². The molecule has 0 unspecified atom stereocenters. The lowest BCUT2D eigenvalue weighted by molar-refractivity contribution is 0.0858. The third-order valence-corrected chi connectivity index (χ3v) is 3.54. The van der Waals surface area contributed by atoms with Gasteiger partial charge < -0.3 is 5.32 Å². The molecule has 0 bridgehead atoms. The minimum atomic E-state index is -0.501. The van der Waals surface area contributed by atoms with E-state index in [1.807, 2.05) is 0 Å². The van der Waals surface area contributed by atoms with Crippen molar-refractivity contribution in [2.24, 2.45) is 5.41 Å². The fraction of sp³-hybridized carbons (Fsp3) is 0.600. The van der Waals surface area contributed by atoms with Gasteiger partial charge in [0.25, 0.3) is 0 Å². The van der Waals surface area contributed by atoms with Gasteiger partial charge in [-0.1, -0.05) is 20.8 Å². The summed E-state index contributed by atoms with van der Waals surface area (Å²) in [5.74, 6) is -1.00. The summed E-state index contributed by atoms with van der Waals surface area (Å²) in [6.07, 6.45) is 0. The zero-order valence-corrected chi connectivity index (χ0v) is 11.8. The second kappa shape index (κ2) is 5.55. The van der Waals surface area contributed by atoms with Crippen molar-refractivity contribution in [3.63, 3.8) is 0 Å². The molecule has 0 saturated carbocycles. The summed E-state index contributed by atoms with van der Waals surface area (Å²) in [5.41, 5.74) is 0.657. The predicted molar refractivity (Wildman–Crippen MR) is 73.0 cm³/mol. The lowest BCUT2D eigenvalue weighted by Gasteiger charge is -2.42. The van der Waals surface area contributed by atoms with E-state index in [1.54, 1.807) is 0 Å². The Balaban J connectivity index is 2.36. The van der Waals surface area contributed by atoms with Gasteiger partial charge in [-0.05, 0) is 23.1 Å². The number of nitrogens with one attached hydrogen (secondary N) is 1. The van der Waals surface area contributed by atoms with Crippen LogP contribution in [0.25, 0.3) is 0 Å². The van der Waals surface area contributed by atoms with Crippen LogP contribution in [0.3, 0.4) is 0 Å². The van der Waals surface area contributed by atoms with Crippen LogP contribution < -0.4 is 5.32 Å². The maximum Gasteiger partial charge on any atom is 0.126 e. The Bertz CT molecular complexity index is 414. The average molecular weight is 268 g/mol. The van der Waals surface area contributed by atoms with Crippen molar-refractivity contribution in [3.05, 3.63) is 35.4 Å². The van der Waals surface area contributed by atoms with Crippen molar-refractivity contribution in [1.29, 1.82) is 0 Å². The normalized spacial score (nSPS) is 19.4. The summed E-state index contributed by atoms with van der Waals surface area (Å²) < 4.78 is 26.9. The molecule has 1 fully saturated rings. The molecular formula is C15H22F2N2. The van der Waals surface area contributed by atoms with Crippen LogP contribution in [0.5, 0.6) is 0 Å². The summed E-state index contributed by atoms with van der Waals surface area (Å²) in [7, 11) is 0. The first kappa shape index (κ1) is 14.4. The zero-order valence-electron chi connectivity index (χ0n) is 11.8. The Labute approximate surface area is 113 Å². The highest BCUT2D eigenvalue weighted by atomic mass is 19.1. The molecule has 19 heavy (non-hydrogen) atoms. The SMILES string of the molecule is CC(C)(C)[C@@H](c1cc(F)cc(F)c1)N1CCNCC1. The third kappa shape index (κ3) is 3.51. The first-order chi connectivity index (χ1) is 8.88. The van der Waals surface area contributed by atoms with E-state index in [9.17, 15) is 8.78 Å². The van der Waals surface area contributed by atoms with E-state index < -0.39 is 11.6 Å². The number of halogens is 2. The summed E-state index contributed by atoms with van der Waals surface area (Å²) in [6.45, 7) is 9.99. The second-order valence-corrected chi connectivity index (χ2v) is 6.26. The summed E-state index contributed by atoms with van der Waals surface area (Å²) >= 11 is 0. The Morgan fingerprint density at radius 3 is 2.05 bits per heavy atom. The first-order valence-electron chi connectivity index (χ1n) is 6.79. The smallest absolute Gasteiger partial charge is 0.126 e. The largest absolute Gasteiger partial charge is 0.314 e. The molecule has 4 heteroatoms. The number of nitrogens with zero attached hydrogens (tertiary/aromatic N) is 1. The minimum Gasteiger partial charge on any atom is -0.314 e. The van der Waals surface area contributed by atoms with Crippen LogP contribution in [0.15, 0.2) is 18.2 Å². The van der Waals surface area contributed by atoms with E-state index in [0.717, 1.165) is 37.8 Å². The van der Waals surface area contributed by atoms with Crippen LogP contribution in [0.2, 0.25) is 0 Å². The summed E-state index contributed by atoms with van der Waals surface area (Å²) in [6, 6.07) is 3.88. The van der Waals surface area contributed by atoms with Crippen LogP contribution in [0.4, 0.5) is 8.78 Å². The van der Waals surface area contributed by atoms with Gasteiger partial charge in [-0.25, -0.2) is 8.78 Å². The molecule has 2 nitrogen and oxygen atoms in total. The van der Waals surface area contributed by atoms with Crippen molar-refractivity contribution in [3.8, 4) is 0 Å². The van der Waals surface area contributed by atoms with Crippen LogP contribution in [-0.4, -0.2) is 31.1 Å². The lowest BCUT2D eigenvalue weighted by atomic mass is 9.81. The molecule has 2 rings (SSSR count). The molecular weight excluding hydrogens is 246 g/mol. The molecule has 1 atom stereocenters. The molecule has 0 spiro atoms. The first-order valence-corrected chi connectivity index (χ1v) is 6.79. The Hall–Kier alpha value is -1.00. The van der Waals surface area contributed by atoms with Crippen molar-refractivity contribution < 1.29 is 8.78 Å². The highest BCUT2D eigenvalue weighted by Gasteiger charge is 2.33. The van der Waals surface area contributed by atoms with E-state index in [-0.39, 0.29) is 11.5 Å². The topological polar surface area (TPSA) is 15.3 Å². The molecule has 1 saturated heterocycles. The fourth-order valence-corrected chi connectivity index (χ4v) is 2.93. The Kier molecular flexibility index (Phi) is 4.21. The molecule has 1 aromatic carbocycles. The van der Waals surface area contributed by atoms with Crippen LogP contribution in [0.1, 0.15) is 32.4 Å². The van der Waals surface area contributed by atoms with Gasteiger partial charge in [0.15, 0.2) is 0 Å². The van der Waals surface area contributed by atoms with Crippen LogP contribution in [-0.2, 0) is 0 Å². The van der Waals surface area contributed by atoms with E-state index in [2.05, 4.69) is 31.0 Å². The van der Waals surface area contributed by atoms with Crippen molar-refractivity contribution in [2.75, 3.05) is 26.2 Å². The molecule has 1 heterocycles. The third-order valence-electron chi connectivity index (χ3n) is 3.54. The van der Waals surface area contributed by atoms with Gasteiger partial charge in [0.05, 0.1) is 0 Å². The molecule has 0 aliphatic carbocycles. The number of piperazine rings is 1. The minimum absolute atomic E-state index is 0.0276. The lowest BCUT2D eigenvalue weighted by Crippen LogP contribution is -2.48. The second-order valence-electron chi connectivity index (χ2n) is 6.26. The average Bonchev–Trinajstić information content (AvgIpc) is 2.27. The fourth-order valence-electron chi connectivity index (χ4n) is 2.93. The molecule has 0 radical (unpaired) electrons. The van der Waals surface area contributed by atoms with Gasteiger partial charge in [0.1, 0.15) is 11.6 Å². The zero-order chi connectivity index (χ0) is 14.0. The number of hydrogen-bond acceptors (Lipinski definition) is 2. The van der Waals surface area contributed by atoms with Gasteiger partial charge in [-0.3, -0.25) is 4.90 Å². The maximum atomic E-state index is 13.5. The predicted octanol–water partition coefficient (Wildman–Crippen LogP) is 2.96. The van der Waals surface area contributed by atoms with Crippen LogP contribution in [0, 0.1) is 17.0 Å². The van der Waals surface area contributed by atoms with E-state index in [4.69, 9.17) is 0 Å². The molecule has 106 valence electrons.